The van der Waals surface area contributed by atoms with Crippen molar-refractivity contribution < 1.29 is 9.84 Å². The first-order valence-corrected chi connectivity index (χ1v) is 6.24. The largest absolute Gasteiger partial charge is 0.473 e. The molecule has 1 atom stereocenters. The number of hydrogen-bond acceptors (Lipinski definition) is 5. The molecule has 5 nitrogen and oxygen atoms in total. The lowest BCUT2D eigenvalue weighted by Crippen LogP contribution is -2.29. The van der Waals surface area contributed by atoms with E-state index in [2.05, 4.69) is 10.3 Å². The lowest BCUT2D eigenvalue weighted by Gasteiger charge is -2.21. The van der Waals surface area contributed by atoms with Crippen molar-refractivity contribution in [2.24, 2.45) is 5.92 Å². The lowest BCUT2D eigenvalue weighted by molar-refractivity contribution is 0.233. The van der Waals surface area contributed by atoms with Gasteiger partial charge in [0.25, 0.3) is 0 Å². The second-order valence-corrected chi connectivity index (χ2v) is 4.93. The van der Waals surface area contributed by atoms with Crippen LogP contribution in [0.2, 0.25) is 0 Å². The van der Waals surface area contributed by atoms with Crippen LogP contribution < -0.4 is 15.8 Å². The van der Waals surface area contributed by atoms with E-state index in [-0.39, 0.29) is 18.8 Å². The quantitative estimate of drug-likeness (QED) is 0.721. The number of ether oxygens (including phenoxy) is 1. The number of aromatic nitrogens is 1. The number of anilines is 2. The van der Waals surface area contributed by atoms with Gasteiger partial charge in [0.2, 0.25) is 5.88 Å². The van der Waals surface area contributed by atoms with Gasteiger partial charge >= 0.3 is 0 Å². The van der Waals surface area contributed by atoms with Gasteiger partial charge in [0, 0.05) is 0 Å². The van der Waals surface area contributed by atoms with Crippen LogP contribution in [-0.4, -0.2) is 28.8 Å². The van der Waals surface area contributed by atoms with Crippen molar-refractivity contribution in [3.05, 3.63) is 12.1 Å². The second-order valence-electron chi connectivity index (χ2n) is 4.93. The summed E-state index contributed by atoms with van der Waals surface area (Å²) in [7, 11) is 0. The fourth-order valence-electron chi connectivity index (χ4n) is 1.46. The first-order valence-electron chi connectivity index (χ1n) is 6.24. The van der Waals surface area contributed by atoms with Crippen LogP contribution in [0.1, 0.15) is 27.7 Å². The monoisotopic (exact) mass is 253 g/mol. The molecule has 0 bridgehead atoms. The molecule has 18 heavy (non-hydrogen) atoms. The van der Waals surface area contributed by atoms with Gasteiger partial charge in [0.1, 0.15) is 5.82 Å². The molecule has 102 valence electrons. The van der Waals surface area contributed by atoms with Gasteiger partial charge in [-0.25, -0.2) is 0 Å². The van der Waals surface area contributed by atoms with Crippen molar-refractivity contribution in [1.82, 2.24) is 4.98 Å². The van der Waals surface area contributed by atoms with Crippen molar-refractivity contribution in [3.63, 3.8) is 0 Å². The Labute approximate surface area is 108 Å². The van der Waals surface area contributed by atoms with Crippen LogP contribution in [0.4, 0.5) is 11.5 Å². The first kappa shape index (κ1) is 14.6. The number of hydrogen-bond donors (Lipinski definition) is 3. The van der Waals surface area contributed by atoms with Crippen molar-refractivity contribution in [2.45, 2.75) is 39.8 Å². The third-order valence-electron chi connectivity index (χ3n) is 2.57. The summed E-state index contributed by atoms with van der Waals surface area (Å²) < 4.78 is 5.52. The summed E-state index contributed by atoms with van der Waals surface area (Å²) >= 11 is 0. The van der Waals surface area contributed by atoms with Gasteiger partial charge in [-0.3, -0.25) is 0 Å². The van der Waals surface area contributed by atoms with Crippen LogP contribution >= 0.6 is 0 Å². The molecule has 0 aliphatic carbocycles. The van der Waals surface area contributed by atoms with E-state index in [1.54, 1.807) is 12.1 Å². The van der Waals surface area contributed by atoms with E-state index < -0.39 is 0 Å². The number of aliphatic hydroxyl groups is 1. The highest BCUT2D eigenvalue weighted by molar-refractivity contribution is 5.54. The molecular formula is C13H23N3O2. The van der Waals surface area contributed by atoms with E-state index in [1.807, 2.05) is 27.7 Å². The van der Waals surface area contributed by atoms with Crippen molar-refractivity contribution in [2.75, 3.05) is 17.7 Å². The van der Waals surface area contributed by atoms with Gasteiger partial charge < -0.3 is 20.9 Å². The molecule has 4 N–H and O–H groups in total. The maximum absolute atomic E-state index is 9.28. The van der Waals surface area contributed by atoms with E-state index in [1.165, 1.54) is 0 Å². The maximum atomic E-state index is 9.28. The fourth-order valence-corrected chi connectivity index (χ4v) is 1.46. The molecule has 0 aliphatic rings. The Kier molecular flexibility index (Phi) is 5.22. The highest BCUT2D eigenvalue weighted by Crippen LogP contribution is 2.22. The Balaban J connectivity index is 2.84. The number of nitrogen functional groups attached to an aromatic ring is 1. The van der Waals surface area contributed by atoms with Gasteiger partial charge in [-0.05, 0) is 31.9 Å². The maximum Gasteiger partial charge on any atom is 0.239 e. The molecule has 0 radical (unpaired) electrons. The van der Waals surface area contributed by atoms with Crippen LogP contribution in [0.3, 0.4) is 0 Å². The van der Waals surface area contributed by atoms with Crippen LogP contribution in [-0.2, 0) is 0 Å². The van der Waals surface area contributed by atoms with E-state index in [0.717, 1.165) is 0 Å². The van der Waals surface area contributed by atoms with Gasteiger partial charge in [-0.1, -0.05) is 13.8 Å². The molecule has 1 aromatic rings. The van der Waals surface area contributed by atoms with Gasteiger partial charge in [-0.15, -0.1) is 0 Å². The summed E-state index contributed by atoms with van der Waals surface area (Å²) in [6, 6.07) is 3.50. The molecule has 0 aromatic carbocycles. The molecule has 0 aliphatic heterocycles. The summed E-state index contributed by atoms with van der Waals surface area (Å²) in [6.07, 6.45) is 0.0220. The van der Waals surface area contributed by atoms with E-state index >= 15 is 0 Å². The zero-order chi connectivity index (χ0) is 13.7. The number of nitrogens with two attached hydrogens (primary N) is 1. The Morgan fingerprint density at radius 3 is 2.50 bits per heavy atom. The predicted octanol–water partition coefficient (Wildman–Crippen LogP) is 1.88. The van der Waals surface area contributed by atoms with Crippen molar-refractivity contribution in [1.29, 1.82) is 0 Å². The summed E-state index contributed by atoms with van der Waals surface area (Å²) in [5, 5.41) is 12.5. The number of pyridine rings is 1. The van der Waals surface area contributed by atoms with E-state index in [9.17, 15) is 5.11 Å². The normalized spacial score (nSPS) is 12.8. The highest BCUT2D eigenvalue weighted by Gasteiger charge is 2.13. The molecule has 0 saturated heterocycles. The SMILES string of the molecule is CC(C)Oc1nc(N[C@H](CO)C(C)C)ccc1N. The minimum absolute atomic E-state index is 0.0220. The third-order valence-corrected chi connectivity index (χ3v) is 2.57. The van der Waals surface area contributed by atoms with Crippen LogP contribution in [0.15, 0.2) is 12.1 Å². The van der Waals surface area contributed by atoms with E-state index in [0.29, 0.717) is 23.3 Å². The van der Waals surface area contributed by atoms with Gasteiger partial charge in [-0.2, -0.15) is 4.98 Å². The molecule has 1 aromatic heterocycles. The lowest BCUT2D eigenvalue weighted by atomic mass is 10.1. The molecule has 0 amide bonds. The van der Waals surface area contributed by atoms with Crippen molar-refractivity contribution >= 4 is 11.5 Å². The number of nitrogens with zero attached hydrogens (tertiary/aromatic N) is 1. The minimum Gasteiger partial charge on any atom is -0.473 e. The Bertz CT molecular complexity index is 380. The van der Waals surface area contributed by atoms with Gasteiger partial charge in [0.05, 0.1) is 24.4 Å². The summed E-state index contributed by atoms with van der Waals surface area (Å²) in [5.41, 5.74) is 6.31. The molecule has 5 heteroatoms. The summed E-state index contributed by atoms with van der Waals surface area (Å²) in [4.78, 5) is 4.31. The topological polar surface area (TPSA) is 80.4 Å². The molecule has 0 spiro atoms. The van der Waals surface area contributed by atoms with Crippen LogP contribution in [0.5, 0.6) is 5.88 Å². The molecule has 0 fully saturated rings. The Morgan fingerprint density at radius 2 is 2.00 bits per heavy atom. The molecular weight excluding hydrogens is 230 g/mol. The average Bonchev–Trinajstić information content (AvgIpc) is 2.29. The average molecular weight is 253 g/mol. The predicted molar refractivity (Wildman–Crippen MR) is 73.7 cm³/mol. The smallest absolute Gasteiger partial charge is 0.239 e. The van der Waals surface area contributed by atoms with E-state index in [4.69, 9.17) is 10.5 Å². The highest BCUT2D eigenvalue weighted by atomic mass is 16.5. The molecule has 0 unspecified atom stereocenters. The number of nitrogens with one attached hydrogen (secondary N) is 1. The summed E-state index contributed by atoms with van der Waals surface area (Å²) in [5.74, 6) is 1.40. The standard InChI is InChI=1S/C13H23N3O2/c1-8(2)11(7-17)15-12-6-5-10(14)13(16-12)18-9(3)4/h5-6,8-9,11,17H,7,14H2,1-4H3,(H,15,16)/t11-/m1/s1. The Morgan fingerprint density at radius 1 is 1.33 bits per heavy atom. The number of aliphatic hydroxyl groups excluding tert-OH is 1. The zero-order valence-corrected chi connectivity index (χ0v) is 11.5. The molecule has 0 saturated carbocycles. The summed E-state index contributed by atoms with van der Waals surface area (Å²) in [6.45, 7) is 7.98. The van der Waals surface area contributed by atoms with Gasteiger partial charge in [0.15, 0.2) is 0 Å². The molecule has 1 heterocycles. The Hall–Kier alpha value is -1.49. The zero-order valence-electron chi connectivity index (χ0n) is 11.5. The second kappa shape index (κ2) is 6.44. The van der Waals surface area contributed by atoms with Crippen LogP contribution in [0.25, 0.3) is 0 Å². The van der Waals surface area contributed by atoms with Crippen molar-refractivity contribution in [3.8, 4) is 5.88 Å². The fraction of sp³-hybridized carbons (Fsp3) is 0.615. The third kappa shape index (κ3) is 4.07. The molecule has 1 rings (SSSR count). The first-order chi connectivity index (χ1) is 8.43. The minimum atomic E-state index is -0.0342. The van der Waals surface area contributed by atoms with Crippen LogP contribution in [0, 0.1) is 5.92 Å². The number of rotatable bonds is 6.